The average Bonchev–Trinajstić information content (AvgIpc) is 3.64. The van der Waals surface area contributed by atoms with Crippen LogP contribution in [-0.4, -0.2) is 31.0 Å². The van der Waals surface area contributed by atoms with Gasteiger partial charge in [0.2, 0.25) is 4.96 Å². The number of fused-ring (bicyclic) bond motifs is 1. The molecule has 0 aliphatic rings. The fourth-order valence-corrected chi connectivity index (χ4v) is 4.94. The van der Waals surface area contributed by atoms with Crippen LogP contribution in [0.25, 0.3) is 39.4 Å². The number of ether oxygens (including phenoxy) is 1. The number of rotatable bonds is 7. The van der Waals surface area contributed by atoms with Crippen molar-refractivity contribution in [1.82, 2.24) is 24.4 Å². The second-order valence-electron chi connectivity index (χ2n) is 8.50. The molecule has 0 fully saturated rings. The number of para-hydroxylation sites is 1. The summed E-state index contributed by atoms with van der Waals surface area (Å²) in [5.74, 6) is 1.32. The van der Waals surface area contributed by atoms with E-state index in [0.29, 0.717) is 21.9 Å². The first-order chi connectivity index (χ1) is 18.2. The van der Waals surface area contributed by atoms with E-state index in [4.69, 9.17) is 9.84 Å². The first-order valence-corrected chi connectivity index (χ1v) is 12.9. The number of hydrogen-bond donors (Lipinski definition) is 0. The van der Waals surface area contributed by atoms with Crippen LogP contribution in [0.5, 0.6) is 5.75 Å². The Bertz CT molecular complexity index is 1770. The van der Waals surface area contributed by atoms with Crippen molar-refractivity contribution in [2.45, 2.75) is 13.3 Å². The van der Waals surface area contributed by atoms with Gasteiger partial charge >= 0.3 is 0 Å². The fraction of sp³-hybridized carbons (Fsp3) is 0.103. The average molecular weight is 506 g/mol. The van der Waals surface area contributed by atoms with Crippen molar-refractivity contribution in [2.24, 2.45) is 0 Å². The molecule has 0 bridgehead atoms. The van der Waals surface area contributed by atoms with E-state index in [2.05, 4.69) is 17.0 Å². The molecule has 0 amide bonds. The Morgan fingerprint density at radius 1 is 0.892 bits per heavy atom. The molecule has 6 rings (SSSR count). The van der Waals surface area contributed by atoms with Gasteiger partial charge in [0, 0.05) is 22.9 Å². The SMILES string of the molecule is CCCOc1ccc(-c2nc3sc(=Cc4cn(-c5ccccc5)nc4-c4ccccc4)c(=O)n3n2)cc1. The van der Waals surface area contributed by atoms with Gasteiger partial charge in [0.25, 0.3) is 5.56 Å². The van der Waals surface area contributed by atoms with Crippen LogP contribution in [0.3, 0.4) is 0 Å². The van der Waals surface area contributed by atoms with Gasteiger partial charge in [0.1, 0.15) is 5.75 Å². The van der Waals surface area contributed by atoms with Crippen molar-refractivity contribution in [2.75, 3.05) is 6.61 Å². The molecular weight excluding hydrogens is 482 g/mol. The third-order valence-corrected chi connectivity index (χ3v) is 6.82. The lowest BCUT2D eigenvalue weighted by Gasteiger charge is -2.04. The molecule has 0 radical (unpaired) electrons. The normalized spacial score (nSPS) is 11.9. The maximum atomic E-state index is 13.3. The molecule has 0 unspecified atom stereocenters. The van der Waals surface area contributed by atoms with Crippen LogP contribution in [0, 0.1) is 0 Å². The topological polar surface area (TPSA) is 74.3 Å². The number of thiazole rings is 1. The first-order valence-electron chi connectivity index (χ1n) is 12.0. The maximum Gasteiger partial charge on any atom is 0.291 e. The number of hydrogen-bond acceptors (Lipinski definition) is 6. The van der Waals surface area contributed by atoms with Gasteiger partial charge < -0.3 is 4.74 Å². The lowest BCUT2D eigenvalue weighted by atomic mass is 10.1. The summed E-state index contributed by atoms with van der Waals surface area (Å²) in [6.45, 7) is 2.74. The molecule has 37 heavy (non-hydrogen) atoms. The smallest absolute Gasteiger partial charge is 0.291 e. The number of benzene rings is 3. The molecule has 0 saturated heterocycles. The summed E-state index contributed by atoms with van der Waals surface area (Å²) < 4.78 is 9.41. The van der Waals surface area contributed by atoms with E-state index in [0.717, 1.165) is 40.2 Å². The summed E-state index contributed by atoms with van der Waals surface area (Å²) in [6, 6.07) is 27.5. The molecule has 182 valence electrons. The van der Waals surface area contributed by atoms with E-state index >= 15 is 0 Å². The van der Waals surface area contributed by atoms with E-state index in [9.17, 15) is 4.79 Å². The van der Waals surface area contributed by atoms with Crippen LogP contribution in [0.1, 0.15) is 18.9 Å². The van der Waals surface area contributed by atoms with Crippen LogP contribution < -0.4 is 14.8 Å². The van der Waals surface area contributed by atoms with Crippen molar-refractivity contribution < 1.29 is 4.74 Å². The van der Waals surface area contributed by atoms with E-state index in [1.54, 1.807) is 0 Å². The van der Waals surface area contributed by atoms with Crippen LogP contribution in [0.15, 0.2) is 95.9 Å². The largest absolute Gasteiger partial charge is 0.494 e. The fourth-order valence-electron chi connectivity index (χ4n) is 4.04. The summed E-state index contributed by atoms with van der Waals surface area (Å²) >= 11 is 1.32. The summed E-state index contributed by atoms with van der Waals surface area (Å²) in [6.07, 6.45) is 4.77. The number of nitrogens with zero attached hydrogens (tertiary/aromatic N) is 5. The Kier molecular flexibility index (Phi) is 6.08. The predicted octanol–water partition coefficient (Wildman–Crippen LogP) is 5.01. The minimum Gasteiger partial charge on any atom is -0.494 e. The quantitative estimate of drug-likeness (QED) is 0.305. The Balaban J connectivity index is 1.40. The van der Waals surface area contributed by atoms with Gasteiger partial charge in [-0.05, 0) is 48.9 Å². The zero-order valence-electron chi connectivity index (χ0n) is 20.1. The summed E-state index contributed by atoms with van der Waals surface area (Å²) in [5, 5.41) is 9.33. The van der Waals surface area contributed by atoms with Crippen molar-refractivity contribution >= 4 is 22.4 Å². The Hall–Kier alpha value is -4.56. The van der Waals surface area contributed by atoms with Crippen LogP contribution in [0.4, 0.5) is 0 Å². The highest BCUT2D eigenvalue weighted by Gasteiger charge is 2.15. The summed E-state index contributed by atoms with van der Waals surface area (Å²) in [4.78, 5) is 18.4. The van der Waals surface area contributed by atoms with Gasteiger partial charge in [0.05, 0.1) is 22.5 Å². The molecule has 0 N–H and O–H groups in total. The summed E-state index contributed by atoms with van der Waals surface area (Å²) in [7, 11) is 0. The van der Waals surface area contributed by atoms with Gasteiger partial charge in [-0.2, -0.15) is 14.6 Å². The molecule has 0 atom stereocenters. The van der Waals surface area contributed by atoms with Crippen molar-refractivity contribution in [1.29, 1.82) is 0 Å². The lowest BCUT2D eigenvalue weighted by Crippen LogP contribution is -2.23. The second-order valence-corrected chi connectivity index (χ2v) is 9.51. The van der Waals surface area contributed by atoms with Gasteiger partial charge in [-0.25, -0.2) is 4.68 Å². The molecule has 0 aliphatic heterocycles. The Morgan fingerprint density at radius 3 is 2.32 bits per heavy atom. The standard InChI is InChI=1S/C29H23N5O2S/c1-2-17-36-24-15-13-21(14-16-24)27-30-29-34(32-27)28(35)25(37-29)18-22-19-33(23-11-7-4-8-12-23)31-26(22)20-9-5-3-6-10-20/h3-16,18-19H,2,17H2,1H3. The molecule has 3 aromatic carbocycles. The van der Waals surface area contributed by atoms with Crippen molar-refractivity contribution in [3.05, 3.63) is 112 Å². The first kappa shape index (κ1) is 22.9. The summed E-state index contributed by atoms with van der Waals surface area (Å²) in [5.41, 5.74) is 4.20. The van der Waals surface area contributed by atoms with E-state index in [1.165, 1.54) is 15.9 Å². The molecule has 7 nitrogen and oxygen atoms in total. The molecule has 0 spiro atoms. The van der Waals surface area contributed by atoms with Crippen LogP contribution in [-0.2, 0) is 0 Å². The van der Waals surface area contributed by atoms with E-state index in [1.807, 2.05) is 102 Å². The molecule has 3 aromatic heterocycles. The highest BCUT2D eigenvalue weighted by atomic mass is 32.1. The van der Waals surface area contributed by atoms with Crippen LogP contribution in [0.2, 0.25) is 0 Å². The molecule has 6 aromatic rings. The molecule has 0 aliphatic carbocycles. The minimum absolute atomic E-state index is 0.201. The lowest BCUT2D eigenvalue weighted by molar-refractivity contribution is 0.317. The number of aromatic nitrogens is 5. The third-order valence-electron chi connectivity index (χ3n) is 5.86. The van der Waals surface area contributed by atoms with Gasteiger partial charge in [-0.15, -0.1) is 5.10 Å². The zero-order chi connectivity index (χ0) is 25.2. The minimum atomic E-state index is -0.201. The molecule has 3 heterocycles. The van der Waals surface area contributed by atoms with Crippen molar-refractivity contribution in [3.63, 3.8) is 0 Å². The van der Waals surface area contributed by atoms with Crippen molar-refractivity contribution in [3.8, 4) is 34.1 Å². The van der Waals surface area contributed by atoms with E-state index in [-0.39, 0.29) is 5.56 Å². The highest BCUT2D eigenvalue weighted by molar-refractivity contribution is 7.15. The van der Waals surface area contributed by atoms with E-state index < -0.39 is 0 Å². The van der Waals surface area contributed by atoms with Gasteiger partial charge in [-0.1, -0.05) is 66.8 Å². The molecule has 8 heteroatoms. The highest BCUT2D eigenvalue weighted by Crippen LogP contribution is 2.25. The second kappa shape index (κ2) is 9.83. The monoisotopic (exact) mass is 505 g/mol. The van der Waals surface area contributed by atoms with Crippen LogP contribution >= 0.6 is 11.3 Å². The third kappa shape index (κ3) is 4.54. The Labute approximate surface area is 216 Å². The maximum absolute atomic E-state index is 13.3. The predicted molar refractivity (Wildman–Crippen MR) is 146 cm³/mol. The molecule has 0 saturated carbocycles. The zero-order valence-corrected chi connectivity index (χ0v) is 20.9. The molecular formula is C29H23N5O2S. The van der Waals surface area contributed by atoms with Gasteiger partial charge in [0.15, 0.2) is 5.82 Å². The van der Waals surface area contributed by atoms with Gasteiger partial charge in [-0.3, -0.25) is 4.79 Å². The Morgan fingerprint density at radius 2 is 1.62 bits per heavy atom.